The van der Waals surface area contributed by atoms with E-state index in [9.17, 15) is 14.9 Å². The third-order valence-electron chi connectivity index (χ3n) is 3.88. The van der Waals surface area contributed by atoms with Gasteiger partial charge in [-0.25, -0.2) is 4.79 Å². The first-order valence-corrected chi connectivity index (χ1v) is 6.85. The number of nitro groups is 1. The number of benzene rings is 1. The summed E-state index contributed by atoms with van der Waals surface area (Å²) in [4.78, 5) is 24.5. The van der Waals surface area contributed by atoms with Crippen LogP contribution in [0.4, 0.5) is 10.5 Å². The molecule has 0 radical (unpaired) electrons. The van der Waals surface area contributed by atoms with E-state index in [4.69, 9.17) is 0 Å². The van der Waals surface area contributed by atoms with Gasteiger partial charge in [0, 0.05) is 25.2 Å². The van der Waals surface area contributed by atoms with E-state index in [0.717, 1.165) is 17.5 Å². The molecule has 0 saturated carbocycles. The maximum absolute atomic E-state index is 12.5. The molecular weight excluding hydrogens is 274 g/mol. The first kappa shape index (κ1) is 13.5. The molecule has 2 heterocycles. The van der Waals surface area contributed by atoms with Crippen LogP contribution in [0.5, 0.6) is 0 Å². The average Bonchev–Trinajstić information content (AvgIpc) is 2.90. The van der Waals surface area contributed by atoms with Crippen molar-refractivity contribution in [3.05, 3.63) is 28.3 Å². The van der Waals surface area contributed by atoms with Gasteiger partial charge in [0.1, 0.15) is 11.0 Å². The zero-order chi connectivity index (χ0) is 15.0. The van der Waals surface area contributed by atoms with Gasteiger partial charge in [-0.05, 0) is 24.8 Å². The Morgan fingerprint density at radius 1 is 1.38 bits per heavy atom. The monoisotopic (exact) mass is 289 g/mol. The zero-order valence-electron chi connectivity index (χ0n) is 11.6. The molecule has 0 bridgehead atoms. The fourth-order valence-corrected chi connectivity index (χ4v) is 2.50. The number of carbonyl (C=O) groups excluding carboxylic acids is 1. The molecule has 1 fully saturated rings. The van der Waals surface area contributed by atoms with Crippen molar-refractivity contribution in [2.45, 2.75) is 19.8 Å². The van der Waals surface area contributed by atoms with Gasteiger partial charge in [0.15, 0.2) is 0 Å². The number of likely N-dealkylation sites (tertiary alicyclic amines) is 1. The van der Waals surface area contributed by atoms with Crippen molar-refractivity contribution in [1.82, 2.24) is 19.9 Å². The van der Waals surface area contributed by atoms with Gasteiger partial charge in [0.2, 0.25) is 0 Å². The predicted molar refractivity (Wildman–Crippen MR) is 74.9 cm³/mol. The van der Waals surface area contributed by atoms with Crippen LogP contribution in [0, 0.1) is 16.0 Å². The van der Waals surface area contributed by atoms with Crippen LogP contribution in [0.25, 0.3) is 11.0 Å². The number of hydrogen-bond acceptors (Lipinski definition) is 5. The Morgan fingerprint density at radius 2 is 2.10 bits per heavy atom. The molecule has 8 heteroatoms. The SMILES string of the molecule is CC1CCN(C(=O)n2nnc3ccc([N+](=O)[O-])cc32)CC1. The van der Waals surface area contributed by atoms with Crippen LogP contribution in [0.2, 0.25) is 0 Å². The second-order valence-electron chi connectivity index (χ2n) is 5.38. The van der Waals surface area contributed by atoms with Crippen LogP contribution in [0.3, 0.4) is 0 Å². The van der Waals surface area contributed by atoms with Gasteiger partial charge in [-0.3, -0.25) is 10.1 Å². The summed E-state index contributed by atoms with van der Waals surface area (Å²) in [5.74, 6) is 0.614. The van der Waals surface area contributed by atoms with Crippen molar-refractivity contribution in [2.24, 2.45) is 5.92 Å². The third-order valence-corrected chi connectivity index (χ3v) is 3.88. The molecule has 0 spiro atoms. The molecule has 0 aliphatic carbocycles. The lowest BCUT2D eigenvalue weighted by Gasteiger charge is -2.29. The minimum atomic E-state index is -0.496. The number of aromatic nitrogens is 3. The van der Waals surface area contributed by atoms with Crippen molar-refractivity contribution >= 4 is 22.8 Å². The number of piperidine rings is 1. The lowest BCUT2D eigenvalue weighted by atomic mass is 10.00. The quantitative estimate of drug-likeness (QED) is 0.591. The van der Waals surface area contributed by atoms with Crippen LogP contribution in [-0.2, 0) is 0 Å². The van der Waals surface area contributed by atoms with Crippen LogP contribution in [-0.4, -0.2) is 43.9 Å². The zero-order valence-corrected chi connectivity index (χ0v) is 11.6. The summed E-state index contributed by atoms with van der Waals surface area (Å²) in [5, 5.41) is 18.6. The number of nitrogens with zero attached hydrogens (tertiary/aromatic N) is 5. The Kier molecular flexibility index (Phi) is 3.28. The summed E-state index contributed by atoms with van der Waals surface area (Å²) < 4.78 is 1.15. The van der Waals surface area contributed by atoms with E-state index in [1.807, 2.05) is 0 Å². The average molecular weight is 289 g/mol. The summed E-state index contributed by atoms with van der Waals surface area (Å²) in [5.41, 5.74) is 0.762. The second-order valence-corrected chi connectivity index (χ2v) is 5.38. The molecule has 0 N–H and O–H groups in total. The van der Waals surface area contributed by atoms with Crippen LogP contribution in [0.15, 0.2) is 18.2 Å². The van der Waals surface area contributed by atoms with E-state index in [0.29, 0.717) is 30.0 Å². The fourth-order valence-electron chi connectivity index (χ4n) is 2.50. The molecule has 1 aromatic carbocycles. The Labute approximate surface area is 120 Å². The van der Waals surface area contributed by atoms with Crippen molar-refractivity contribution in [2.75, 3.05) is 13.1 Å². The third kappa shape index (κ3) is 2.44. The Bertz CT molecular complexity index is 703. The van der Waals surface area contributed by atoms with Crippen molar-refractivity contribution in [3.63, 3.8) is 0 Å². The molecule has 110 valence electrons. The molecule has 21 heavy (non-hydrogen) atoms. The van der Waals surface area contributed by atoms with Crippen molar-refractivity contribution in [1.29, 1.82) is 0 Å². The largest absolute Gasteiger partial charge is 0.346 e. The predicted octanol–water partition coefficient (Wildman–Crippen LogP) is 2.04. The lowest BCUT2D eigenvalue weighted by molar-refractivity contribution is -0.384. The van der Waals surface area contributed by atoms with Gasteiger partial charge in [-0.15, -0.1) is 5.10 Å². The minimum Gasteiger partial charge on any atom is -0.323 e. The van der Waals surface area contributed by atoms with E-state index in [2.05, 4.69) is 17.2 Å². The maximum Gasteiger partial charge on any atom is 0.346 e. The summed E-state index contributed by atoms with van der Waals surface area (Å²) >= 11 is 0. The molecule has 0 unspecified atom stereocenters. The van der Waals surface area contributed by atoms with E-state index in [1.165, 1.54) is 18.2 Å². The molecular formula is C13H15N5O3. The number of hydrogen-bond donors (Lipinski definition) is 0. The van der Waals surface area contributed by atoms with Crippen LogP contribution in [0.1, 0.15) is 19.8 Å². The highest BCUT2D eigenvalue weighted by molar-refractivity contribution is 5.88. The summed E-state index contributed by atoms with van der Waals surface area (Å²) in [7, 11) is 0. The van der Waals surface area contributed by atoms with E-state index in [-0.39, 0.29) is 11.7 Å². The van der Waals surface area contributed by atoms with Crippen LogP contribution >= 0.6 is 0 Å². The standard InChI is InChI=1S/C13H15N5O3/c1-9-4-6-16(7-5-9)13(19)17-12-8-10(18(20)21)2-3-11(12)14-15-17/h2-3,8-9H,4-7H2,1H3. The molecule has 1 saturated heterocycles. The molecule has 1 aromatic heterocycles. The van der Waals surface area contributed by atoms with Gasteiger partial charge in [-0.2, -0.15) is 4.68 Å². The summed E-state index contributed by atoms with van der Waals surface area (Å²) in [6.07, 6.45) is 1.91. The Balaban J connectivity index is 1.94. The fraction of sp³-hybridized carbons (Fsp3) is 0.462. The molecule has 8 nitrogen and oxygen atoms in total. The maximum atomic E-state index is 12.5. The Hall–Kier alpha value is -2.51. The number of non-ortho nitro benzene ring substituents is 1. The Morgan fingerprint density at radius 3 is 2.76 bits per heavy atom. The summed E-state index contributed by atoms with van der Waals surface area (Å²) in [6.45, 7) is 3.52. The van der Waals surface area contributed by atoms with Crippen LogP contribution < -0.4 is 0 Å². The minimum absolute atomic E-state index is 0.0777. The van der Waals surface area contributed by atoms with Gasteiger partial charge < -0.3 is 4.90 Å². The van der Waals surface area contributed by atoms with Crippen molar-refractivity contribution in [3.8, 4) is 0 Å². The number of amides is 1. The van der Waals surface area contributed by atoms with Gasteiger partial charge >= 0.3 is 6.03 Å². The molecule has 2 aromatic rings. The highest BCUT2D eigenvalue weighted by Gasteiger charge is 2.24. The normalized spacial score (nSPS) is 16.3. The first-order valence-electron chi connectivity index (χ1n) is 6.85. The van der Waals surface area contributed by atoms with Gasteiger partial charge in [-0.1, -0.05) is 12.1 Å². The van der Waals surface area contributed by atoms with E-state index in [1.54, 1.807) is 4.90 Å². The first-order chi connectivity index (χ1) is 10.1. The smallest absolute Gasteiger partial charge is 0.323 e. The number of fused-ring (bicyclic) bond motifs is 1. The topological polar surface area (TPSA) is 94.2 Å². The molecule has 1 aliphatic rings. The summed E-state index contributed by atoms with van der Waals surface area (Å²) in [6, 6.07) is 3.92. The van der Waals surface area contributed by atoms with Crippen molar-refractivity contribution < 1.29 is 9.72 Å². The number of rotatable bonds is 1. The second kappa shape index (κ2) is 5.12. The highest BCUT2D eigenvalue weighted by Crippen LogP contribution is 2.21. The molecule has 0 atom stereocenters. The van der Waals surface area contributed by atoms with E-state index < -0.39 is 4.92 Å². The molecule has 1 amide bonds. The highest BCUT2D eigenvalue weighted by atomic mass is 16.6. The molecule has 1 aliphatic heterocycles. The number of nitro benzene ring substituents is 1. The van der Waals surface area contributed by atoms with Gasteiger partial charge in [0.25, 0.3) is 5.69 Å². The van der Waals surface area contributed by atoms with E-state index >= 15 is 0 Å². The molecule has 3 rings (SSSR count). The number of carbonyl (C=O) groups is 1. The van der Waals surface area contributed by atoms with Gasteiger partial charge in [0.05, 0.1) is 4.92 Å². The lowest BCUT2D eigenvalue weighted by Crippen LogP contribution is -2.40.